The zero-order valence-electron chi connectivity index (χ0n) is 12.2. The van der Waals surface area contributed by atoms with Gasteiger partial charge in [0.1, 0.15) is 0 Å². The first-order chi connectivity index (χ1) is 10.2. The lowest BCUT2D eigenvalue weighted by Crippen LogP contribution is -2.52. The van der Waals surface area contributed by atoms with Crippen molar-refractivity contribution in [1.29, 1.82) is 0 Å². The molecule has 0 spiro atoms. The van der Waals surface area contributed by atoms with Gasteiger partial charge in [0, 0.05) is 50.2 Å². The van der Waals surface area contributed by atoms with E-state index in [2.05, 4.69) is 17.2 Å². The van der Waals surface area contributed by atoms with E-state index in [1.807, 2.05) is 39.9 Å². The zero-order chi connectivity index (χ0) is 14.7. The molecule has 110 valence electrons. The highest BCUT2D eigenvalue weighted by Gasteiger charge is 2.23. The number of hydrogen-bond acceptors (Lipinski definition) is 3. The van der Waals surface area contributed by atoms with Crippen molar-refractivity contribution in [3.8, 4) is 0 Å². The highest BCUT2D eigenvalue weighted by molar-refractivity contribution is 5.94. The Labute approximate surface area is 124 Å². The van der Waals surface area contributed by atoms with Crippen LogP contribution < -0.4 is 5.32 Å². The average Bonchev–Trinajstić information content (AvgIpc) is 3.01. The summed E-state index contributed by atoms with van der Waals surface area (Å²) in [5.41, 5.74) is 1.93. The largest absolute Gasteiger partial charge is 0.333 e. The number of aromatic nitrogens is 2. The summed E-state index contributed by atoms with van der Waals surface area (Å²) in [5, 5.41) is 3.30. The fourth-order valence-corrected chi connectivity index (χ4v) is 2.65. The SMILES string of the molecule is C[C@@H]1CNCCN1C(=O)c1ccc(Cn2ccnc2)cc1. The van der Waals surface area contributed by atoms with E-state index in [9.17, 15) is 4.79 Å². The fourth-order valence-electron chi connectivity index (χ4n) is 2.65. The second-order valence-electron chi connectivity index (χ2n) is 5.48. The lowest BCUT2D eigenvalue weighted by Gasteiger charge is -2.34. The van der Waals surface area contributed by atoms with Gasteiger partial charge in [0.05, 0.1) is 6.33 Å². The molecule has 2 aromatic rings. The number of piperazine rings is 1. The first-order valence-electron chi connectivity index (χ1n) is 7.30. The van der Waals surface area contributed by atoms with Gasteiger partial charge in [0.15, 0.2) is 0 Å². The normalized spacial score (nSPS) is 18.7. The second kappa shape index (κ2) is 6.10. The molecule has 0 saturated carbocycles. The van der Waals surface area contributed by atoms with E-state index in [0.29, 0.717) is 0 Å². The molecule has 5 heteroatoms. The number of amides is 1. The van der Waals surface area contributed by atoms with Crippen molar-refractivity contribution in [3.63, 3.8) is 0 Å². The van der Waals surface area contributed by atoms with Crippen molar-refractivity contribution in [2.45, 2.75) is 19.5 Å². The molecular weight excluding hydrogens is 264 g/mol. The molecule has 21 heavy (non-hydrogen) atoms. The van der Waals surface area contributed by atoms with Crippen LogP contribution in [0, 0.1) is 0 Å². The van der Waals surface area contributed by atoms with Crippen LogP contribution in [0.3, 0.4) is 0 Å². The summed E-state index contributed by atoms with van der Waals surface area (Å²) in [6.45, 7) is 5.37. The third-order valence-corrected chi connectivity index (χ3v) is 3.89. The van der Waals surface area contributed by atoms with Crippen LogP contribution in [0.25, 0.3) is 0 Å². The van der Waals surface area contributed by atoms with Crippen LogP contribution in [0.2, 0.25) is 0 Å². The molecule has 1 fully saturated rings. The van der Waals surface area contributed by atoms with Crippen LogP contribution in [-0.2, 0) is 6.54 Å². The average molecular weight is 284 g/mol. The van der Waals surface area contributed by atoms with Crippen molar-refractivity contribution >= 4 is 5.91 Å². The Morgan fingerprint density at radius 3 is 2.86 bits per heavy atom. The van der Waals surface area contributed by atoms with Crippen LogP contribution in [0.5, 0.6) is 0 Å². The lowest BCUT2D eigenvalue weighted by atomic mass is 10.1. The molecular formula is C16H20N4O. The van der Waals surface area contributed by atoms with E-state index in [-0.39, 0.29) is 11.9 Å². The van der Waals surface area contributed by atoms with Gasteiger partial charge in [-0.05, 0) is 24.6 Å². The molecule has 1 aromatic carbocycles. The summed E-state index contributed by atoms with van der Waals surface area (Å²) < 4.78 is 2.01. The summed E-state index contributed by atoms with van der Waals surface area (Å²) in [5.74, 6) is 0.123. The van der Waals surface area contributed by atoms with Gasteiger partial charge in [-0.2, -0.15) is 0 Å². The molecule has 1 aliphatic rings. The van der Waals surface area contributed by atoms with E-state index in [1.165, 1.54) is 0 Å². The highest BCUT2D eigenvalue weighted by Crippen LogP contribution is 2.12. The Balaban J connectivity index is 1.70. The monoisotopic (exact) mass is 284 g/mol. The number of rotatable bonds is 3. The van der Waals surface area contributed by atoms with Gasteiger partial charge in [-0.3, -0.25) is 4.79 Å². The minimum absolute atomic E-state index is 0.123. The maximum absolute atomic E-state index is 12.5. The van der Waals surface area contributed by atoms with Crippen LogP contribution in [0.4, 0.5) is 0 Å². The van der Waals surface area contributed by atoms with Crippen molar-refractivity contribution < 1.29 is 4.79 Å². The Morgan fingerprint density at radius 2 is 2.19 bits per heavy atom. The maximum atomic E-state index is 12.5. The van der Waals surface area contributed by atoms with Crippen LogP contribution in [0.15, 0.2) is 43.0 Å². The molecule has 0 unspecified atom stereocenters. The summed E-state index contributed by atoms with van der Waals surface area (Å²) in [6.07, 6.45) is 5.49. The number of benzene rings is 1. The number of carbonyl (C=O) groups is 1. The molecule has 0 aliphatic carbocycles. The molecule has 5 nitrogen and oxygen atoms in total. The first kappa shape index (κ1) is 13.8. The number of imidazole rings is 1. The standard InChI is InChI=1S/C16H20N4O/c1-13-10-17-7-9-20(13)16(21)15-4-2-14(3-5-15)11-19-8-6-18-12-19/h2-6,8,12-13,17H,7,9-11H2,1H3/t13-/m1/s1. The van der Waals surface area contributed by atoms with Gasteiger partial charge in [-0.25, -0.2) is 4.98 Å². The number of nitrogens with one attached hydrogen (secondary N) is 1. The minimum atomic E-state index is 0.123. The van der Waals surface area contributed by atoms with Gasteiger partial charge < -0.3 is 14.8 Å². The van der Waals surface area contributed by atoms with Crippen LogP contribution in [0.1, 0.15) is 22.8 Å². The Hall–Kier alpha value is -2.14. The Bertz CT molecular complexity index is 591. The van der Waals surface area contributed by atoms with Gasteiger partial charge in [0.2, 0.25) is 0 Å². The molecule has 0 bridgehead atoms. The highest BCUT2D eigenvalue weighted by atomic mass is 16.2. The lowest BCUT2D eigenvalue weighted by molar-refractivity contribution is 0.0656. The topological polar surface area (TPSA) is 50.2 Å². The molecule has 1 N–H and O–H groups in total. The predicted molar refractivity (Wildman–Crippen MR) is 81.1 cm³/mol. The summed E-state index contributed by atoms with van der Waals surface area (Å²) >= 11 is 0. The first-order valence-corrected chi connectivity index (χ1v) is 7.30. The van der Waals surface area contributed by atoms with E-state index in [0.717, 1.165) is 37.3 Å². The van der Waals surface area contributed by atoms with E-state index in [4.69, 9.17) is 0 Å². The van der Waals surface area contributed by atoms with Crippen molar-refractivity contribution in [1.82, 2.24) is 19.8 Å². The number of hydrogen-bond donors (Lipinski definition) is 1. The molecule has 0 radical (unpaired) electrons. The van der Waals surface area contributed by atoms with Crippen LogP contribution >= 0.6 is 0 Å². The molecule has 1 aromatic heterocycles. The van der Waals surface area contributed by atoms with E-state index >= 15 is 0 Å². The zero-order valence-corrected chi connectivity index (χ0v) is 12.2. The van der Waals surface area contributed by atoms with Crippen LogP contribution in [-0.4, -0.2) is 46.0 Å². The third-order valence-electron chi connectivity index (χ3n) is 3.89. The predicted octanol–water partition coefficient (Wildman–Crippen LogP) is 1.37. The van der Waals surface area contributed by atoms with E-state index in [1.54, 1.807) is 12.5 Å². The van der Waals surface area contributed by atoms with Gasteiger partial charge >= 0.3 is 0 Å². The molecule has 1 amide bonds. The molecule has 2 heterocycles. The Morgan fingerprint density at radius 1 is 1.38 bits per heavy atom. The molecule has 1 saturated heterocycles. The third kappa shape index (κ3) is 3.13. The van der Waals surface area contributed by atoms with E-state index < -0.39 is 0 Å². The Kier molecular flexibility index (Phi) is 4.01. The fraction of sp³-hybridized carbons (Fsp3) is 0.375. The quantitative estimate of drug-likeness (QED) is 0.926. The number of nitrogens with zero attached hydrogens (tertiary/aromatic N) is 3. The van der Waals surface area contributed by atoms with Gasteiger partial charge in [-0.15, -0.1) is 0 Å². The summed E-state index contributed by atoms with van der Waals surface area (Å²) in [7, 11) is 0. The second-order valence-corrected chi connectivity index (χ2v) is 5.48. The minimum Gasteiger partial charge on any atom is -0.333 e. The maximum Gasteiger partial charge on any atom is 0.254 e. The van der Waals surface area contributed by atoms with Gasteiger partial charge in [-0.1, -0.05) is 12.1 Å². The number of carbonyl (C=O) groups excluding carboxylic acids is 1. The van der Waals surface area contributed by atoms with Crippen molar-refractivity contribution in [2.24, 2.45) is 0 Å². The molecule has 1 aliphatic heterocycles. The van der Waals surface area contributed by atoms with Crippen molar-refractivity contribution in [3.05, 3.63) is 54.1 Å². The summed E-state index contributed by atoms with van der Waals surface area (Å²) in [4.78, 5) is 18.5. The smallest absolute Gasteiger partial charge is 0.254 e. The van der Waals surface area contributed by atoms with Gasteiger partial charge in [0.25, 0.3) is 5.91 Å². The summed E-state index contributed by atoms with van der Waals surface area (Å²) in [6, 6.07) is 8.12. The molecule has 3 rings (SSSR count). The van der Waals surface area contributed by atoms with Crippen molar-refractivity contribution in [2.75, 3.05) is 19.6 Å². The molecule has 1 atom stereocenters.